The fraction of sp³-hybridized carbons (Fsp3) is 0.800. The minimum absolute atomic E-state index is 0.0288. The number of carboxylic acid groups (broad SMARTS) is 1. The molecule has 0 rings (SSSR count). The van der Waals surface area contributed by atoms with E-state index in [-0.39, 0.29) is 12.8 Å². The number of carbonyl (C=O) groups is 1. The molecule has 0 saturated carbocycles. The van der Waals surface area contributed by atoms with Gasteiger partial charge >= 0.3 is 13.8 Å². The molecule has 0 amide bonds. The van der Waals surface area contributed by atoms with Gasteiger partial charge in [0.25, 0.3) is 0 Å². The first-order valence-electron chi connectivity index (χ1n) is 2.91. The Morgan fingerprint density at radius 2 is 2.10 bits per heavy atom. The highest BCUT2D eigenvalue weighted by atomic mass is 31.1. The number of aliphatic carboxylic acids is 1. The molecule has 0 aromatic heterocycles. The van der Waals surface area contributed by atoms with Crippen molar-refractivity contribution in [2.75, 3.05) is 12.5 Å². The van der Waals surface area contributed by atoms with E-state index < -0.39 is 13.8 Å². The van der Waals surface area contributed by atoms with Crippen LogP contribution < -0.4 is 0 Å². The van der Waals surface area contributed by atoms with Crippen LogP contribution in [0.4, 0.5) is 0 Å². The van der Waals surface area contributed by atoms with Crippen molar-refractivity contribution in [3.63, 3.8) is 0 Å². The van der Waals surface area contributed by atoms with Crippen LogP contribution in [0.15, 0.2) is 0 Å². The molecule has 1 unspecified atom stereocenters. The van der Waals surface area contributed by atoms with Gasteiger partial charge in [-0.15, -0.1) is 0 Å². The van der Waals surface area contributed by atoms with Crippen molar-refractivity contribution in [1.29, 1.82) is 0 Å². The molecule has 4 nitrogen and oxygen atoms in total. The second kappa shape index (κ2) is 5.33. The van der Waals surface area contributed by atoms with Crippen molar-refractivity contribution in [2.24, 2.45) is 0 Å². The molecule has 2 N–H and O–H groups in total. The Morgan fingerprint density at radius 3 is 2.50 bits per heavy atom. The Bertz CT molecular complexity index is 134. The Kier molecular flexibility index (Phi) is 5.08. The summed E-state index contributed by atoms with van der Waals surface area (Å²) in [7, 11) is -1.57. The average Bonchev–Trinajstić information content (AvgIpc) is 1.87. The summed E-state index contributed by atoms with van der Waals surface area (Å²) in [5.74, 6) is -0.888. The molecule has 0 aliphatic rings. The van der Waals surface area contributed by atoms with Crippen LogP contribution in [0.2, 0.25) is 0 Å². The molecule has 5 heteroatoms. The highest BCUT2D eigenvalue weighted by Gasteiger charge is 2.12. The van der Waals surface area contributed by atoms with Gasteiger partial charge in [0, 0.05) is 12.8 Å². The first-order chi connectivity index (χ1) is 4.66. The number of hydrogen-bond acceptors (Lipinski definition) is 3. The van der Waals surface area contributed by atoms with E-state index in [0.717, 1.165) is 0 Å². The molecule has 10 heavy (non-hydrogen) atoms. The lowest BCUT2D eigenvalue weighted by Gasteiger charge is -1.85. The fourth-order valence-corrected chi connectivity index (χ4v) is 1.13. The maximum Gasteiger partial charge on any atom is 0.366 e. The first-order valence-corrected chi connectivity index (χ1v) is 4.54. The van der Waals surface area contributed by atoms with Gasteiger partial charge in [-0.1, -0.05) is 4.57 Å². The van der Waals surface area contributed by atoms with Crippen LogP contribution in [0.5, 0.6) is 0 Å². The van der Waals surface area contributed by atoms with Crippen LogP contribution >= 0.6 is 7.80 Å². The molecule has 1 atom stereocenters. The molecular weight excluding hydrogens is 155 g/mol. The molecule has 0 heterocycles. The Morgan fingerprint density at radius 1 is 1.50 bits per heavy atom. The summed E-state index contributed by atoms with van der Waals surface area (Å²) in [6.07, 6.45) is 0.374. The number of aliphatic hydroxyl groups is 1. The zero-order chi connectivity index (χ0) is 7.98. The van der Waals surface area contributed by atoms with E-state index in [1.807, 2.05) is 0 Å². The van der Waals surface area contributed by atoms with Crippen molar-refractivity contribution in [3.05, 3.63) is 0 Å². The summed E-state index contributed by atoms with van der Waals surface area (Å²) >= 11 is 0. The Hall–Kier alpha value is -0.470. The predicted octanol–water partition coefficient (Wildman–Crippen LogP) is 0.628. The number of carboxylic acids is 1. The third-order valence-corrected chi connectivity index (χ3v) is 2.09. The summed E-state index contributed by atoms with van der Waals surface area (Å²) < 4.78 is 10.5. The maximum absolute atomic E-state index is 10.5. The average molecular weight is 165 g/mol. The van der Waals surface area contributed by atoms with Gasteiger partial charge < -0.3 is 10.2 Å². The van der Waals surface area contributed by atoms with E-state index in [2.05, 4.69) is 0 Å². The number of aliphatic hydroxyl groups excluding tert-OH is 1. The summed E-state index contributed by atoms with van der Waals surface area (Å²) in [4.78, 5) is 9.91. The molecule has 0 saturated heterocycles. The van der Waals surface area contributed by atoms with E-state index in [1.165, 1.54) is 0 Å². The van der Waals surface area contributed by atoms with Crippen LogP contribution in [0.1, 0.15) is 12.8 Å². The summed E-state index contributed by atoms with van der Waals surface area (Å²) in [6, 6.07) is 0. The third-order valence-electron chi connectivity index (χ3n) is 0.956. The molecule has 0 aliphatic heterocycles. The zero-order valence-electron chi connectivity index (χ0n) is 5.49. The Balaban J connectivity index is 3.20. The van der Waals surface area contributed by atoms with Gasteiger partial charge in [0.1, 0.15) is 6.16 Å². The minimum atomic E-state index is -1.57. The fourth-order valence-electron chi connectivity index (χ4n) is 0.477. The van der Waals surface area contributed by atoms with E-state index in [9.17, 15) is 9.36 Å². The van der Waals surface area contributed by atoms with Gasteiger partial charge in [-0.3, -0.25) is 4.79 Å². The molecule has 0 radical (unpaired) electrons. The molecule has 0 fully saturated rings. The molecule has 0 aromatic rings. The van der Waals surface area contributed by atoms with Crippen LogP contribution in [-0.2, 0) is 9.36 Å². The van der Waals surface area contributed by atoms with Crippen LogP contribution in [-0.4, -0.2) is 28.7 Å². The maximum atomic E-state index is 10.5. The molecule has 58 valence electrons. The normalized spacial score (nSPS) is 11.1. The van der Waals surface area contributed by atoms with Crippen LogP contribution in [0.3, 0.4) is 0 Å². The SMILES string of the molecule is O=C(O)CCC[P+](=O)CO. The number of hydrogen-bond donors (Lipinski definition) is 2. The highest BCUT2D eigenvalue weighted by molar-refractivity contribution is 7.44. The second-order valence-electron chi connectivity index (χ2n) is 1.84. The van der Waals surface area contributed by atoms with E-state index in [4.69, 9.17) is 10.2 Å². The van der Waals surface area contributed by atoms with Gasteiger partial charge in [0.2, 0.25) is 6.35 Å². The predicted molar refractivity (Wildman–Crippen MR) is 36.4 cm³/mol. The van der Waals surface area contributed by atoms with Crippen LogP contribution in [0.25, 0.3) is 0 Å². The van der Waals surface area contributed by atoms with Gasteiger partial charge in [-0.2, -0.15) is 0 Å². The van der Waals surface area contributed by atoms with Gasteiger partial charge in [0.15, 0.2) is 0 Å². The van der Waals surface area contributed by atoms with E-state index in [0.29, 0.717) is 12.6 Å². The lowest BCUT2D eigenvalue weighted by Crippen LogP contribution is -1.95. The van der Waals surface area contributed by atoms with Crippen molar-refractivity contribution in [1.82, 2.24) is 0 Å². The highest BCUT2D eigenvalue weighted by Crippen LogP contribution is 2.19. The number of rotatable bonds is 5. The topological polar surface area (TPSA) is 74.6 Å². The van der Waals surface area contributed by atoms with Crippen molar-refractivity contribution < 1.29 is 19.6 Å². The van der Waals surface area contributed by atoms with Gasteiger partial charge in [-0.05, 0) is 0 Å². The molecular formula is C5H10O4P+. The molecule has 0 spiro atoms. The molecule has 0 bridgehead atoms. The largest absolute Gasteiger partial charge is 0.481 e. The molecule has 0 aromatic carbocycles. The summed E-state index contributed by atoms with van der Waals surface area (Å²) in [5.41, 5.74) is 0. The van der Waals surface area contributed by atoms with Gasteiger partial charge in [0.05, 0.1) is 0 Å². The summed E-state index contributed by atoms with van der Waals surface area (Å²) in [5, 5.41) is 16.4. The Labute approximate surface area is 59.7 Å². The van der Waals surface area contributed by atoms with Crippen molar-refractivity contribution in [3.8, 4) is 0 Å². The molecule has 0 aliphatic carbocycles. The summed E-state index contributed by atoms with van der Waals surface area (Å²) in [6.45, 7) is 0. The monoisotopic (exact) mass is 165 g/mol. The van der Waals surface area contributed by atoms with E-state index in [1.54, 1.807) is 0 Å². The van der Waals surface area contributed by atoms with Crippen molar-refractivity contribution >= 4 is 13.8 Å². The van der Waals surface area contributed by atoms with Gasteiger partial charge in [-0.25, -0.2) is 0 Å². The minimum Gasteiger partial charge on any atom is -0.481 e. The lowest BCUT2D eigenvalue weighted by molar-refractivity contribution is -0.137. The smallest absolute Gasteiger partial charge is 0.366 e. The van der Waals surface area contributed by atoms with Crippen LogP contribution in [0, 0.1) is 0 Å². The quantitative estimate of drug-likeness (QED) is 0.586. The lowest BCUT2D eigenvalue weighted by atomic mass is 10.3. The zero-order valence-corrected chi connectivity index (χ0v) is 6.38. The second-order valence-corrected chi connectivity index (χ2v) is 3.54. The third kappa shape index (κ3) is 5.66. The first kappa shape index (κ1) is 9.53. The standard InChI is InChI=1S/C5H9O4P/c6-4-10(9)3-1-2-5(7)8/h6H,1-4H2/p+1. The van der Waals surface area contributed by atoms with Crippen molar-refractivity contribution in [2.45, 2.75) is 12.8 Å². The van der Waals surface area contributed by atoms with E-state index >= 15 is 0 Å².